The average molecular weight is 328 g/mol. The minimum absolute atomic E-state index is 0.0920. The molecule has 24 heavy (non-hydrogen) atoms. The van der Waals surface area contributed by atoms with E-state index in [0.29, 0.717) is 29.4 Å². The standard InChI is InChI=1S/C21H28O3/c1-12-10-14-11-15(23)4-5-16(14)17-8-9-21(3)18(20(12)17)6-7-19(21)24-13(2)22/h4-5,11-12,17-20,23H,6-10H2,1-3H3/t12?,17?,18?,19-,20?,21-/m0/s1. The number of hydrogen-bond donors (Lipinski definition) is 1. The quantitative estimate of drug-likeness (QED) is 0.776. The Balaban J connectivity index is 1.68. The van der Waals surface area contributed by atoms with E-state index in [1.807, 2.05) is 12.1 Å². The summed E-state index contributed by atoms with van der Waals surface area (Å²) >= 11 is 0. The first kappa shape index (κ1) is 16.0. The van der Waals surface area contributed by atoms with Crippen molar-refractivity contribution in [2.75, 3.05) is 0 Å². The number of fused-ring (bicyclic) bond motifs is 5. The molecule has 0 bridgehead atoms. The van der Waals surface area contributed by atoms with Crippen LogP contribution in [0.15, 0.2) is 18.2 Å². The largest absolute Gasteiger partial charge is 0.508 e. The van der Waals surface area contributed by atoms with Crippen LogP contribution >= 0.6 is 0 Å². The second-order valence-corrected chi connectivity index (χ2v) is 8.57. The van der Waals surface area contributed by atoms with Gasteiger partial charge in [0.1, 0.15) is 11.9 Å². The first-order chi connectivity index (χ1) is 11.4. The van der Waals surface area contributed by atoms with Gasteiger partial charge in [0, 0.05) is 12.3 Å². The Kier molecular flexibility index (Phi) is 3.67. The molecule has 0 aliphatic heterocycles. The molecule has 0 spiro atoms. The third kappa shape index (κ3) is 2.28. The van der Waals surface area contributed by atoms with E-state index in [-0.39, 0.29) is 17.5 Å². The summed E-state index contributed by atoms with van der Waals surface area (Å²) in [7, 11) is 0. The molecule has 0 radical (unpaired) electrons. The molecule has 1 N–H and O–H groups in total. The zero-order valence-electron chi connectivity index (χ0n) is 14.9. The Morgan fingerprint density at radius 1 is 1.29 bits per heavy atom. The van der Waals surface area contributed by atoms with Gasteiger partial charge in [-0.15, -0.1) is 0 Å². The van der Waals surface area contributed by atoms with Crippen molar-refractivity contribution in [3.05, 3.63) is 29.3 Å². The molecule has 3 aliphatic rings. The molecule has 0 heterocycles. The highest BCUT2D eigenvalue weighted by molar-refractivity contribution is 5.66. The van der Waals surface area contributed by atoms with E-state index < -0.39 is 0 Å². The Morgan fingerprint density at radius 2 is 2.08 bits per heavy atom. The first-order valence-corrected chi connectivity index (χ1v) is 9.39. The number of phenolic OH excluding ortho intramolecular Hbond substituents is 1. The molecule has 2 fully saturated rings. The zero-order valence-corrected chi connectivity index (χ0v) is 14.9. The molecule has 130 valence electrons. The minimum Gasteiger partial charge on any atom is -0.508 e. The van der Waals surface area contributed by atoms with Crippen molar-refractivity contribution in [1.82, 2.24) is 0 Å². The molecule has 4 rings (SSSR count). The van der Waals surface area contributed by atoms with Crippen molar-refractivity contribution >= 4 is 5.97 Å². The second kappa shape index (κ2) is 5.50. The van der Waals surface area contributed by atoms with Gasteiger partial charge in [-0.25, -0.2) is 0 Å². The van der Waals surface area contributed by atoms with E-state index in [4.69, 9.17) is 4.74 Å². The molecule has 1 aromatic rings. The molecule has 3 aliphatic carbocycles. The van der Waals surface area contributed by atoms with Crippen molar-refractivity contribution in [2.24, 2.45) is 23.2 Å². The summed E-state index contributed by atoms with van der Waals surface area (Å²) in [5.41, 5.74) is 2.92. The normalized spacial score (nSPS) is 40.4. The number of carbonyl (C=O) groups excluding carboxylic acids is 1. The van der Waals surface area contributed by atoms with Crippen LogP contribution in [-0.4, -0.2) is 17.2 Å². The number of carbonyl (C=O) groups is 1. The highest BCUT2D eigenvalue weighted by Gasteiger charge is 2.57. The van der Waals surface area contributed by atoms with Crippen molar-refractivity contribution in [2.45, 2.75) is 64.9 Å². The van der Waals surface area contributed by atoms with Crippen LogP contribution in [-0.2, 0) is 16.0 Å². The predicted octanol–water partition coefficient (Wildman–Crippen LogP) is 4.43. The average Bonchev–Trinajstić information content (AvgIpc) is 2.83. The number of phenols is 1. The van der Waals surface area contributed by atoms with Gasteiger partial charge in [0.25, 0.3) is 0 Å². The lowest BCUT2D eigenvalue weighted by molar-refractivity contribution is -0.155. The Morgan fingerprint density at radius 3 is 2.83 bits per heavy atom. The van der Waals surface area contributed by atoms with Crippen LogP contribution < -0.4 is 0 Å². The molecule has 2 saturated carbocycles. The molecule has 3 heteroatoms. The van der Waals surface area contributed by atoms with Gasteiger partial charge in [-0.3, -0.25) is 4.79 Å². The summed E-state index contributed by atoms with van der Waals surface area (Å²) in [6.45, 7) is 6.26. The molecular weight excluding hydrogens is 300 g/mol. The number of esters is 1. The summed E-state index contributed by atoms with van der Waals surface area (Å²) in [5.74, 6) is 2.76. The zero-order chi connectivity index (χ0) is 17.1. The van der Waals surface area contributed by atoms with Crippen LogP contribution in [0.5, 0.6) is 5.75 Å². The third-order valence-corrected chi connectivity index (χ3v) is 7.28. The number of rotatable bonds is 1. The predicted molar refractivity (Wildman–Crippen MR) is 92.8 cm³/mol. The van der Waals surface area contributed by atoms with E-state index in [0.717, 1.165) is 25.7 Å². The minimum atomic E-state index is -0.137. The van der Waals surface area contributed by atoms with E-state index in [1.54, 1.807) is 0 Å². The summed E-state index contributed by atoms with van der Waals surface area (Å²) < 4.78 is 5.71. The van der Waals surface area contributed by atoms with E-state index >= 15 is 0 Å². The van der Waals surface area contributed by atoms with Crippen molar-refractivity contribution in [3.8, 4) is 5.75 Å². The van der Waals surface area contributed by atoms with Gasteiger partial charge in [-0.2, -0.15) is 0 Å². The Hall–Kier alpha value is -1.51. The molecule has 1 aromatic carbocycles. The highest BCUT2D eigenvalue weighted by atomic mass is 16.5. The van der Waals surface area contributed by atoms with E-state index in [2.05, 4.69) is 19.9 Å². The van der Waals surface area contributed by atoms with Crippen LogP contribution in [0.3, 0.4) is 0 Å². The maximum atomic E-state index is 11.5. The molecule has 0 saturated heterocycles. The molecule has 4 unspecified atom stereocenters. The Bertz CT molecular complexity index is 667. The van der Waals surface area contributed by atoms with E-state index in [1.165, 1.54) is 24.5 Å². The maximum absolute atomic E-state index is 11.5. The van der Waals surface area contributed by atoms with Crippen LogP contribution in [0.1, 0.15) is 63.5 Å². The topological polar surface area (TPSA) is 46.5 Å². The number of ether oxygens (including phenoxy) is 1. The van der Waals surface area contributed by atoms with Crippen molar-refractivity contribution in [3.63, 3.8) is 0 Å². The highest BCUT2D eigenvalue weighted by Crippen LogP contribution is 2.62. The van der Waals surface area contributed by atoms with Crippen LogP contribution in [0.25, 0.3) is 0 Å². The van der Waals surface area contributed by atoms with Gasteiger partial charge in [-0.1, -0.05) is 19.9 Å². The van der Waals surface area contributed by atoms with Crippen molar-refractivity contribution < 1.29 is 14.6 Å². The maximum Gasteiger partial charge on any atom is 0.302 e. The van der Waals surface area contributed by atoms with Gasteiger partial charge in [0.05, 0.1) is 0 Å². The summed E-state index contributed by atoms with van der Waals surface area (Å²) in [4.78, 5) is 11.5. The smallest absolute Gasteiger partial charge is 0.302 e. The molecule has 3 nitrogen and oxygen atoms in total. The SMILES string of the molecule is CC(=O)O[C@H]1CCC2C3C(C)Cc4cc(O)ccc4C3CC[C@@]21C. The molecular formula is C21H28O3. The van der Waals surface area contributed by atoms with Crippen LogP contribution in [0.2, 0.25) is 0 Å². The third-order valence-electron chi connectivity index (χ3n) is 7.28. The van der Waals surface area contributed by atoms with Gasteiger partial charge in [-0.05, 0) is 79.0 Å². The number of hydrogen-bond acceptors (Lipinski definition) is 3. The number of aromatic hydroxyl groups is 1. The second-order valence-electron chi connectivity index (χ2n) is 8.57. The molecule has 0 amide bonds. The lowest BCUT2D eigenvalue weighted by Gasteiger charge is -2.52. The van der Waals surface area contributed by atoms with Gasteiger partial charge >= 0.3 is 5.97 Å². The van der Waals surface area contributed by atoms with Gasteiger partial charge in [0.2, 0.25) is 0 Å². The summed E-state index contributed by atoms with van der Waals surface area (Å²) in [6, 6.07) is 5.96. The molecule has 6 atom stereocenters. The summed E-state index contributed by atoms with van der Waals surface area (Å²) in [5, 5.41) is 9.83. The fourth-order valence-electron chi connectivity index (χ4n) is 6.31. The van der Waals surface area contributed by atoms with Gasteiger partial charge in [0.15, 0.2) is 0 Å². The van der Waals surface area contributed by atoms with Crippen LogP contribution in [0.4, 0.5) is 0 Å². The fourth-order valence-corrected chi connectivity index (χ4v) is 6.31. The lowest BCUT2D eigenvalue weighted by Crippen LogP contribution is -2.47. The number of benzene rings is 1. The van der Waals surface area contributed by atoms with Gasteiger partial charge < -0.3 is 9.84 Å². The fraction of sp³-hybridized carbons (Fsp3) is 0.667. The molecule has 0 aromatic heterocycles. The van der Waals surface area contributed by atoms with Crippen LogP contribution in [0, 0.1) is 23.2 Å². The summed E-state index contributed by atoms with van der Waals surface area (Å²) in [6.07, 6.45) is 5.62. The Labute approximate surface area is 144 Å². The lowest BCUT2D eigenvalue weighted by atomic mass is 9.53. The van der Waals surface area contributed by atoms with Crippen molar-refractivity contribution in [1.29, 1.82) is 0 Å². The first-order valence-electron chi connectivity index (χ1n) is 9.39. The van der Waals surface area contributed by atoms with E-state index in [9.17, 15) is 9.90 Å². The monoisotopic (exact) mass is 328 g/mol.